The first-order chi connectivity index (χ1) is 39.8. The number of amides is 1. The van der Waals surface area contributed by atoms with Crippen molar-refractivity contribution in [2.24, 2.45) is 0 Å². The van der Waals surface area contributed by atoms with Crippen LogP contribution >= 0.6 is 0 Å². The van der Waals surface area contributed by atoms with Crippen LogP contribution in [0.2, 0.25) is 0 Å². The van der Waals surface area contributed by atoms with E-state index >= 15 is 0 Å². The monoisotopic (exact) mass is 1140 g/mol. The van der Waals surface area contributed by atoms with Crippen molar-refractivity contribution in [3.8, 4) is 0 Å². The molecule has 0 bridgehead atoms. The summed E-state index contributed by atoms with van der Waals surface area (Å²) in [5.41, 5.74) is 0. The van der Waals surface area contributed by atoms with Crippen LogP contribution in [0.15, 0.2) is 60.8 Å². The average molecular weight is 1140 g/mol. The van der Waals surface area contributed by atoms with Gasteiger partial charge in [-0.2, -0.15) is 0 Å². The molecule has 6 N–H and O–H groups in total. The van der Waals surface area contributed by atoms with Crippen LogP contribution in [0.1, 0.15) is 335 Å². The van der Waals surface area contributed by atoms with Gasteiger partial charge in [-0.25, -0.2) is 0 Å². The van der Waals surface area contributed by atoms with E-state index in [9.17, 15) is 30.3 Å². The molecule has 7 atom stereocenters. The number of rotatable bonds is 61. The lowest BCUT2D eigenvalue weighted by Gasteiger charge is -2.40. The van der Waals surface area contributed by atoms with Crippen LogP contribution in [0, 0.1) is 0 Å². The van der Waals surface area contributed by atoms with Crippen molar-refractivity contribution >= 4 is 5.91 Å². The molecule has 9 heteroatoms. The topological polar surface area (TPSA) is 149 Å². The molecule has 1 fully saturated rings. The van der Waals surface area contributed by atoms with E-state index in [1.807, 2.05) is 6.08 Å². The average Bonchev–Trinajstić information content (AvgIpc) is 3.47. The quantitative estimate of drug-likeness (QED) is 0.0261. The Morgan fingerprint density at radius 1 is 0.420 bits per heavy atom. The van der Waals surface area contributed by atoms with Crippen molar-refractivity contribution < 1.29 is 39.8 Å². The first kappa shape index (κ1) is 76.9. The number of aliphatic hydroxyl groups is 5. The molecule has 474 valence electrons. The van der Waals surface area contributed by atoms with Gasteiger partial charge >= 0.3 is 0 Å². The summed E-state index contributed by atoms with van der Waals surface area (Å²) in [6.45, 7) is 3.79. The highest BCUT2D eigenvalue weighted by atomic mass is 16.7. The summed E-state index contributed by atoms with van der Waals surface area (Å²) >= 11 is 0. The van der Waals surface area contributed by atoms with E-state index < -0.39 is 49.5 Å². The fourth-order valence-electron chi connectivity index (χ4n) is 11.1. The van der Waals surface area contributed by atoms with Gasteiger partial charge in [0.15, 0.2) is 6.29 Å². The molecule has 1 aliphatic heterocycles. The van der Waals surface area contributed by atoms with Gasteiger partial charge < -0.3 is 40.3 Å². The zero-order valence-electron chi connectivity index (χ0n) is 53.0. The highest BCUT2D eigenvalue weighted by molar-refractivity contribution is 5.76. The Bertz CT molecular complexity index is 1460. The van der Waals surface area contributed by atoms with Gasteiger partial charge in [0, 0.05) is 6.42 Å². The molecular formula is C72H133NO8. The smallest absolute Gasteiger partial charge is 0.220 e. The Morgan fingerprint density at radius 2 is 0.741 bits per heavy atom. The van der Waals surface area contributed by atoms with E-state index in [2.05, 4.69) is 67.8 Å². The molecular weight excluding hydrogens is 1010 g/mol. The maximum atomic E-state index is 13.1. The van der Waals surface area contributed by atoms with E-state index in [1.165, 1.54) is 263 Å². The Kier molecular flexibility index (Phi) is 57.9. The zero-order valence-corrected chi connectivity index (χ0v) is 53.0. The number of aliphatic hydroxyl groups excluding tert-OH is 5. The van der Waals surface area contributed by atoms with E-state index in [4.69, 9.17) is 9.47 Å². The minimum absolute atomic E-state index is 0.183. The molecule has 0 aromatic heterocycles. The lowest BCUT2D eigenvalue weighted by molar-refractivity contribution is -0.302. The maximum absolute atomic E-state index is 13.1. The van der Waals surface area contributed by atoms with Crippen molar-refractivity contribution in [1.82, 2.24) is 5.32 Å². The van der Waals surface area contributed by atoms with Gasteiger partial charge in [0.1, 0.15) is 24.4 Å². The van der Waals surface area contributed by atoms with Gasteiger partial charge in [0.25, 0.3) is 0 Å². The Hall–Kier alpha value is -2.11. The molecule has 1 amide bonds. The van der Waals surface area contributed by atoms with Crippen molar-refractivity contribution in [2.45, 2.75) is 378 Å². The predicted molar refractivity (Wildman–Crippen MR) is 346 cm³/mol. The van der Waals surface area contributed by atoms with Gasteiger partial charge in [-0.3, -0.25) is 4.79 Å². The van der Waals surface area contributed by atoms with E-state index in [0.717, 1.165) is 51.4 Å². The number of nitrogens with one attached hydrogen (secondary N) is 1. The summed E-state index contributed by atoms with van der Waals surface area (Å²) in [6.07, 6.45) is 77.5. The summed E-state index contributed by atoms with van der Waals surface area (Å²) in [5, 5.41) is 54.7. The zero-order chi connectivity index (χ0) is 58.6. The van der Waals surface area contributed by atoms with Gasteiger partial charge in [0.2, 0.25) is 5.91 Å². The van der Waals surface area contributed by atoms with Crippen LogP contribution in [-0.2, 0) is 14.3 Å². The van der Waals surface area contributed by atoms with Crippen LogP contribution in [0.5, 0.6) is 0 Å². The summed E-state index contributed by atoms with van der Waals surface area (Å²) in [5.74, 6) is -0.183. The molecule has 1 aliphatic rings. The summed E-state index contributed by atoms with van der Waals surface area (Å²) in [7, 11) is 0. The number of hydrogen-bond acceptors (Lipinski definition) is 8. The summed E-state index contributed by atoms with van der Waals surface area (Å²) in [6, 6.07) is -0.825. The first-order valence-corrected chi connectivity index (χ1v) is 35.0. The molecule has 0 radical (unpaired) electrons. The molecule has 0 aromatic carbocycles. The molecule has 1 rings (SSSR count). The van der Waals surface area contributed by atoms with Gasteiger partial charge in [-0.1, -0.05) is 319 Å². The highest BCUT2D eigenvalue weighted by Gasteiger charge is 2.44. The Morgan fingerprint density at radius 3 is 1.12 bits per heavy atom. The lowest BCUT2D eigenvalue weighted by atomic mass is 9.99. The van der Waals surface area contributed by atoms with Crippen molar-refractivity contribution in [1.29, 1.82) is 0 Å². The molecule has 81 heavy (non-hydrogen) atoms. The summed E-state index contributed by atoms with van der Waals surface area (Å²) < 4.78 is 11.3. The fourth-order valence-corrected chi connectivity index (χ4v) is 11.1. The second-order valence-corrected chi connectivity index (χ2v) is 24.3. The van der Waals surface area contributed by atoms with Crippen molar-refractivity contribution in [3.63, 3.8) is 0 Å². The molecule has 7 unspecified atom stereocenters. The third-order valence-corrected chi connectivity index (χ3v) is 16.6. The Labute approximate surface area is 500 Å². The molecule has 1 heterocycles. The molecule has 0 saturated carbocycles. The van der Waals surface area contributed by atoms with Gasteiger partial charge in [0.05, 0.1) is 25.4 Å². The third kappa shape index (κ3) is 49.8. The first-order valence-electron chi connectivity index (χ1n) is 35.0. The van der Waals surface area contributed by atoms with Crippen molar-refractivity contribution in [2.75, 3.05) is 13.2 Å². The number of hydrogen-bond donors (Lipinski definition) is 6. The highest BCUT2D eigenvalue weighted by Crippen LogP contribution is 2.23. The standard InChI is InChI=1S/C72H133NO8/c1-3-5-7-9-11-13-15-17-19-21-23-25-27-29-31-32-33-34-36-38-40-42-44-46-48-50-52-54-56-58-60-62-68(76)73-65(64-80-72-71(79)70(78)69(77)67(63-74)81-72)66(75)61-59-57-55-53-51-49-47-45-43-41-39-37-35-30-28-26-24-22-20-18-16-14-12-10-8-6-4-2/h15,17,21,23,27,29,51,53,59,61,65-67,69-72,74-75,77-79H,3-14,16,18-20,22,24-26,28,30-50,52,54-58,60,62-64H2,1-2H3,(H,73,76)/b17-15-,23-21-,29-27-,53-51+,61-59+. The normalized spacial score (nSPS) is 18.7. The number of ether oxygens (including phenoxy) is 2. The van der Waals surface area contributed by atoms with Crippen molar-refractivity contribution in [3.05, 3.63) is 60.8 Å². The maximum Gasteiger partial charge on any atom is 0.220 e. The van der Waals surface area contributed by atoms with Gasteiger partial charge in [-0.05, 0) is 70.6 Å². The molecule has 1 saturated heterocycles. The van der Waals surface area contributed by atoms with Crippen LogP contribution in [0.3, 0.4) is 0 Å². The van der Waals surface area contributed by atoms with Crippen LogP contribution in [0.25, 0.3) is 0 Å². The van der Waals surface area contributed by atoms with E-state index in [1.54, 1.807) is 6.08 Å². The number of carbonyl (C=O) groups is 1. The molecule has 0 aromatic rings. The Balaban J connectivity index is 2.15. The lowest BCUT2D eigenvalue weighted by Crippen LogP contribution is -2.60. The van der Waals surface area contributed by atoms with E-state index in [0.29, 0.717) is 6.42 Å². The number of carbonyl (C=O) groups excluding carboxylic acids is 1. The summed E-state index contributed by atoms with van der Waals surface area (Å²) in [4.78, 5) is 13.1. The minimum Gasteiger partial charge on any atom is -0.394 e. The molecule has 0 aliphatic carbocycles. The predicted octanol–water partition coefficient (Wildman–Crippen LogP) is 19.0. The largest absolute Gasteiger partial charge is 0.394 e. The van der Waals surface area contributed by atoms with Crippen LogP contribution < -0.4 is 5.32 Å². The second kappa shape index (κ2) is 61.0. The van der Waals surface area contributed by atoms with Gasteiger partial charge in [-0.15, -0.1) is 0 Å². The molecule has 9 nitrogen and oxygen atoms in total. The number of allylic oxidation sites excluding steroid dienone is 9. The van der Waals surface area contributed by atoms with E-state index in [-0.39, 0.29) is 12.5 Å². The number of unbranched alkanes of at least 4 members (excludes halogenated alkanes) is 43. The SMILES string of the molecule is CCCCCCC/C=C\C/C=C\C/C=C\CCCCCCCCCCCCCCCCCCC(=O)NC(COC1OC(CO)C(O)C(O)C1O)C(O)/C=C/CC/C=C/CCCCCCCCCCCCCCCCCCCCCCC. The van der Waals surface area contributed by atoms with Crippen LogP contribution in [-0.4, -0.2) is 87.5 Å². The second-order valence-electron chi connectivity index (χ2n) is 24.3. The minimum atomic E-state index is -1.57. The van der Waals surface area contributed by atoms with Crippen LogP contribution in [0.4, 0.5) is 0 Å². The third-order valence-electron chi connectivity index (χ3n) is 16.6. The molecule has 0 spiro atoms. The fraction of sp³-hybridized carbons (Fsp3) is 0.847.